The van der Waals surface area contributed by atoms with E-state index in [4.69, 9.17) is 4.74 Å². The maximum atomic E-state index is 11.8. The number of aromatic hydroxyl groups is 1. The summed E-state index contributed by atoms with van der Waals surface area (Å²) in [7, 11) is 0. The summed E-state index contributed by atoms with van der Waals surface area (Å²) in [5.74, 6) is -0.293. The van der Waals surface area contributed by atoms with E-state index < -0.39 is 0 Å². The zero-order valence-corrected chi connectivity index (χ0v) is 10.4. The second kappa shape index (κ2) is 4.45. The van der Waals surface area contributed by atoms with Gasteiger partial charge in [-0.2, -0.15) is 0 Å². The molecular weight excluding hydrogens is 224 g/mol. The van der Waals surface area contributed by atoms with Gasteiger partial charge in [0.2, 0.25) is 0 Å². The Morgan fingerprint density at radius 1 is 1.31 bits per heavy atom. The number of hydrogen-bond acceptors (Lipinski definition) is 4. The van der Waals surface area contributed by atoms with E-state index >= 15 is 0 Å². The lowest BCUT2D eigenvalue weighted by Gasteiger charge is -2.13. The van der Waals surface area contributed by atoms with Gasteiger partial charge >= 0.3 is 5.97 Å². The summed E-state index contributed by atoms with van der Waals surface area (Å²) in [6, 6.07) is 0. The fourth-order valence-corrected chi connectivity index (χ4v) is 3.07. The second-order valence-electron chi connectivity index (χ2n) is 4.35. The molecule has 0 radical (unpaired) electrons. The van der Waals surface area contributed by atoms with Crippen molar-refractivity contribution in [3.63, 3.8) is 0 Å². The summed E-state index contributed by atoms with van der Waals surface area (Å²) in [4.78, 5) is 12.4. The zero-order valence-electron chi connectivity index (χ0n) is 9.58. The molecule has 1 aromatic heterocycles. The molecule has 1 aliphatic rings. The van der Waals surface area contributed by atoms with Gasteiger partial charge in [0.1, 0.15) is 4.88 Å². The summed E-state index contributed by atoms with van der Waals surface area (Å²) in [6.45, 7) is 3.66. The molecule has 0 bridgehead atoms. The maximum Gasteiger partial charge on any atom is 0.348 e. The van der Waals surface area contributed by atoms with Gasteiger partial charge in [0.25, 0.3) is 0 Å². The minimum Gasteiger partial charge on any atom is -0.499 e. The Balaban J connectivity index is 2.31. The van der Waals surface area contributed by atoms with Gasteiger partial charge in [-0.1, -0.05) is 11.3 Å². The van der Waals surface area contributed by atoms with Crippen molar-refractivity contribution in [2.45, 2.75) is 45.6 Å². The lowest BCUT2D eigenvalue weighted by molar-refractivity contribution is 0.0382. The molecule has 1 aliphatic carbocycles. The van der Waals surface area contributed by atoms with Crippen molar-refractivity contribution in [2.75, 3.05) is 0 Å². The van der Waals surface area contributed by atoms with Gasteiger partial charge in [-0.05, 0) is 45.1 Å². The highest BCUT2D eigenvalue weighted by molar-refractivity contribution is 7.16. The molecule has 0 saturated carbocycles. The number of ether oxygens (including phenoxy) is 1. The normalized spacial score (nSPS) is 14.9. The van der Waals surface area contributed by atoms with E-state index in [-0.39, 0.29) is 12.1 Å². The van der Waals surface area contributed by atoms with Crippen molar-refractivity contribution in [2.24, 2.45) is 0 Å². The molecule has 2 rings (SSSR count). The Kier molecular flexibility index (Phi) is 3.19. The summed E-state index contributed by atoms with van der Waals surface area (Å²) < 4.78 is 5.18. The molecule has 0 unspecified atom stereocenters. The Morgan fingerprint density at radius 3 is 2.56 bits per heavy atom. The lowest BCUT2D eigenvalue weighted by atomic mass is 9.93. The molecule has 1 heterocycles. The van der Waals surface area contributed by atoms with Crippen LogP contribution in [0.3, 0.4) is 0 Å². The fraction of sp³-hybridized carbons (Fsp3) is 0.583. The van der Waals surface area contributed by atoms with Crippen LogP contribution < -0.4 is 0 Å². The van der Waals surface area contributed by atoms with Gasteiger partial charge < -0.3 is 9.84 Å². The van der Waals surface area contributed by atoms with E-state index in [1.807, 2.05) is 13.8 Å². The topological polar surface area (TPSA) is 46.5 Å². The van der Waals surface area contributed by atoms with Crippen molar-refractivity contribution in [3.05, 3.63) is 16.0 Å². The van der Waals surface area contributed by atoms with Crippen molar-refractivity contribution in [1.29, 1.82) is 0 Å². The van der Waals surface area contributed by atoms with Gasteiger partial charge in [0, 0.05) is 5.56 Å². The van der Waals surface area contributed by atoms with Gasteiger partial charge in [-0.25, -0.2) is 4.79 Å². The number of rotatable bonds is 2. The maximum absolute atomic E-state index is 11.8. The van der Waals surface area contributed by atoms with E-state index in [0.29, 0.717) is 9.94 Å². The first-order chi connectivity index (χ1) is 7.59. The molecule has 0 saturated heterocycles. The van der Waals surface area contributed by atoms with Crippen LogP contribution in [0, 0.1) is 0 Å². The van der Waals surface area contributed by atoms with E-state index in [9.17, 15) is 9.90 Å². The molecule has 16 heavy (non-hydrogen) atoms. The summed E-state index contributed by atoms with van der Waals surface area (Å²) in [5, 5.41) is 10.1. The molecule has 0 amide bonds. The highest BCUT2D eigenvalue weighted by Crippen LogP contribution is 2.39. The number of hydrogen-bond donors (Lipinski definition) is 1. The van der Waals surface area contributed by atoms with E-state index in [1.54, 1.807) is 0 Å². The van der Waals surface area contributed by atoms with Gasteiger partial charge in [-0.15, -0.1) is 0 Å². The van der Waals surface area contributed by atoms with Crippen LogP contribution in [0.25, 0.3) is 0 Å². The first kappa shape index (κ1) is 11.5. The zero-order chi connectivity index (χ0) is 11.7. The summed E-state index contributed by atoms with van der Waals surface area (Å²) in [5.41, 5.74) is 1.98. The first-order valence-corrected chi connectivity index (χ1v) is 6.45. The Bertz CT molecular complexity index is 407. The second-order valence-corrected chi connectivity index (χ2v) is 5.35. The molecular formula is C12H16O3S. The molecule has 1 aromatic rings. The number of carbonyl (C=O) groups excluding carboxylic acids is 1. The van der Waals surface area contributed by atoms with Crippen LogP contribution in [-0.4, -0.2) is 17.2 Å². The third-order valence-electron chi connectivity index (χ3n) is 2.73. The summed E-state index contributed by atoms with van der Waals surface area (Å²) >= 11 is 1.16. The standard InChI is InChI=1S/C12H16O3S/c1-7(2)15-11(13)10-8-5-3-4-6-9(8)12(14)16-10/h7,14H,3-6H2,1-2H3. The quantitative estimate of drug-likeness (QED) is 0.808. The van der Waals surface area contributed by atoms with Gasteiger partial charge in [0.15, 0.2) is 5.06 Å². The van der Waals surface area contributed by atoms with Crippen LogP contribution in [0.2, 0.25) is 0 Å². The highest BCUT2D eigenvalue weighted by Gasteiger charge is 2.25. The lowest BCUT2D eigenvalue weighted by Crippen LogP contribution is -2.13. The highest BCUT2D eigenvalue weighted by atomic mass is 32.1. The number of thiophene rings is 1. The molecule has 0 aromatic carbocycles. The number of carbonyl (C=O) groups is 1. The van der Waals surface area contributed by atoms with Crippen molar-refractivity contribution < 1.29 is 14.6 Å². The molecule has 0 atom stereocenters. The average Bonchev–Trinajstić information content (AvgIpc) is 2.56. The fourth-order valence-electron chi connectivity index (χ4n) is 2.04. The van der Waals surface area contributed by atoms with Crippen molar-refractivity contribution >= 4 is 17.3 Å². The largest absolute Gasteiger partial charge is 0.499 e. The molecule has 4 heteroatoms. The smallest absolute Gasteiger partial charge is 0.348 e. The first-order valence-electron chi connectivity index (χ1n) is 5.64. The molecule has 3 nitrogen and oxygen atoms in total. The Morgan fingerprint density at radius 2 is 1.94 bits per heavy atom. The summed E-state index contributed by atoms with van der Waals surface area (Å²) in [6.07, 6.45) is 3.83. The van der Waals surface area contributed by atoms with Crippen LogP contribution in [0.1, 0.15) is 47.5 Å². The molecule has 0 fully saturated rings. The van der Waals surface area contributed by atoms with Crippen LogP contribution in [0.15, 0.2) is 0 Å². The van der Waals surface area contributed by atoms with Crippen LogP contribution in [-0.2, 0) is 17.6 Å². The van der Waals surface area contributed by atoms with Gasteiger partial charge in [0.05, 0.1) is 6.10 Å². The predicted octanol–water partition coefficient (Wildman–Crippen LogP) is 2.90. The van der Waals surface area contributed by atoms with Crippen LogP contribution in [0.4, 0.5) is 0 Å². The van der Waals surface area contributed by atoms with E-state index in [1.165, 1.54) is 0 Å². The van der Waals surface area contributed by atoms with Crippen molar-refractivity contribution in [3.8, 4) is 5.06 Å². The van der Waals surface area contributed by atoms with Crippen molar-refractivity contribution in [1.82, 2.24) is 0 Å². The predicted molar refractivity (Wildman–Crippen MR) is 63.2 cm³/mol. The Hall–Kier alpha value is -1.03. The Labute approximate surface area is 99.1 Å². The molecule has 0 aliphatic heterocycles. The third kappa shape index (κ3) is 2.07. The van der Waals surface area contributed by atoms with E-state index in [2.05, 4.69) is 0 Å². The number of fused-ring (bicyclic) bond motifs is 1. The molecule has 0 spiro atoms. The van der Waals surface area contributed by atoms with Crippen LogP contribution >= 0.6 is 11.3 Å². The number of esters is 1. The minimum absolute atomic E-state index is 0.115. The van der Waals surface area contributed by atoms with E-state index in [0.717, 1.165) is 48.1 Å². The third-order valence-corrected chi connectivity index (χ3v) is 3.78. The minimum atomic E-state index is -0.293. The SMILES string of the molecule is CC(C)OC(=O)c1sc(O)c2c1CCCC2. The average molecular weight is 240 g/mol. The molecule has 88 valence electrons. The van der Waals surface area contributed by atoms with Gasteiger partial charge in [-0.3, -0.25) is 0 Å². The van der Waals surface area contributed by atoms with Crippen LogP contribution in [0.5, 0.6) is 5.06 Å². The monoisotopic (exact) mass is 240 g/mol. The molecule has 1 N–H and O–H groups in total.